The Morgan fingerprint density at radius 3 is 2.35 bits per heavy atom. The zero-order valence-electron chi connectivity index (χ0n) is 18.1. The fraction of sp³-hybridized carbons (Fsp3) is 0.435. The van der Waals surface area contributed by atoms with Crippen LogP contribution in [0.3, 0.4) is 0 Å². The van der Waals surface area contributed by atoms with E-state index in [1.807, 2.05) is 12.1 Å². The summed E-state index contributed by atoms with van der Waals surface area (Å²) in [5.41, 5.74) is 2.40. The molecule has 0 amide bonds. The second kappa shape index (κ2) is 9.82. The van der Waals surface area contributed by atoms with Crippen LogP contribution < -0.4 is 5.32 Å². The standard InChI is InChI=1S/C20H14Cl2F4N2OS.C3H8S/c21-14-4-12(5-15(22)17(14)23)19(20(24,25)26)6-16(28-30-19)10-1-2-13-11(3-10)7-29-18(13)8-27-9-18;1-2-3-4/h1-5,27H,6-9H2;4H,2-3H2,1H3. The molecule has 184 valence electrons. The van der Waals surface area contributed by atoms with E-state index in [9.17, 15) is 17.6 Å². The first-order chi connectivity index (χ1) is 16.1. The van der Waals surface area contributed by atoms with E-state index >= 15 is 0 Å². The summed E-state index contributed by atoms with van der Waals surface area (Å²) in [7, 11) is 0. The van der Waals surface area contributed by atoms with Crippen LogP contribution in [-0.2, 0) is 21.7 Å². The molecule has 0 bridgehead atoms. The number of thiol groups is 1. The SMILES string of the molecule is CCCS.Fc1c(Cl)cc(C2(C(F)(F)F)CC(c3ccc4c(c3)COC43CNC3)=NS2)cc1Cl. The van der Waals surface area contributed by atoms with Gasteiger partial charge in [0.25, 0.3) is 0 Å². The largest absolute Gasteiger partial charge is 0.409 e. The van der Waals surface area contributed by atoms with Crippen molar-refractivity contribution in [3.8, 4) is 0 Å². The molecule has 1 N–H and O–H groups in total. The number of benzene rings is 2. The molecule has 0 aromatic heterocycles. The lowest BCUT2D eigenvalue weighted by atomic mass is 9.85. The Morgan fingerprint density at radius 1 is 1.18 bits per heavy atom. The molecule has 0 radical (unpaired) electrons. The lowest BCUT2D eigenvalue weighted by Crippen LogP contribution is -2.56. The summed E-state index contributed by atoms with van der Waals surface area (Å²) in [4.78, 5) is 0. The van der Waals surface area contributed by atoms with Gasteiger partial charge < -0.3 is 10.1 Å². The second-order valence-electron chi connectivity index (χ2n) is 8.37. The van der Waals surface area contributed by atoms with Gasteiger partial charge in [-0.1, -0.05) is 42.3 Å². The molecule has 1 saturated heterocycles. The number of nitrogens with one attached hydrogen (secondary N) is 1. The van der Waals surface area contributed by atoms with Crippen LogP contribution in [0, 0.1) is 5.82 Å². The van der Waals surface area contributed by atoms with E-state index in [0.29, 0.717) is 29.8 Å². The van der Waals surface area contributed by atoms with Gasteiger partial charge in [-0.2, -0.15) is 25.8 Å². The summed E-state index contributed by atoms with van der Waals surface area (Å²) < 4.78 is 64.2. The molecule has 5 rings (SSSR count). The molecule has 3 aliphatic heterocycles. The first-order valence-corrected chi connectivity index (χ1v) is 12.8. The molecule has 0 saturated carbocycles. The molecule has 34 heavy (non-hydrogen) atoms. The zero-order valence-corrected chi connectivity index (χ0v) is 21.3. The maximum absolute atomic E-state index is 14.2. The Labute approximate surface area is 215 Å². The highest BCUT2D eigenvalue weighted by Crippen LogP contribution is 2.57. The average molecular weight is 553 g/mol. The lowest BCUT2D eigenvalue weighted by Gasteiger charge is -2.39. The number of rotatable bonds is 3. The molecule has 1 fully saturated rings. The quantitative estimate of drug-likeness (QED) is 0.184. The van der Waals surface area contributed by atoms with Crippen LogP contribution in [0.25, 0.3) is 0 Å². The van der Waals surface area contributed by atoms with Crippen LogP contribution in [0.4, 0.5) is 17.6 Å². The summed E-state index contributed by atoms with van der Waals surface area (Å²) in [6, 6.07) is 7.49. The summed E-state index contributed by atoms with van der Waals surface area (Å²) >= 11 is 15.9. The number of hydrogen-bond acceptors (Lipinski definition) is 5. The van der Waals surface area contributed by atoms with Crippen LogP contribution in [0.15, 0.2) is 34.7 Å². The van der Waals surface area contributed by atoms with Gasteiger partial charge in [0, 0.05) is 19.5 Å². The van der Waals surface area contributed by atoms with Crippen LogP contribution in [-0.4, -0.2) is 30.7 Å². The number of nitrogens with zero attached hydrogens (tertiary/aromatic N) is 1. The average Bonchev–Trinajstić information content (AvgIpc) is 3.40. The molecule has 1 unspecified atom stereocenters. The van der Waals surface area contributed by atoms with Crippen molar-refractivity contribution >= 4 is 53.5 Å². The Hall–Kier alpha value is -0.970. The number of alkyl halides is 3. The normalized spacial score (nSPS) is 22.6. The molecule has 2 aromatic carbocycles. The highest BCUT2D eigenvalue weighted by molar-refractivity contribution is 7.99. The number of halogens is 6. The second-order valence-corrected chi connectivity index (χ2v) is 10.7. The van der Waals surface area contributed by atoms with Crippen molar-refractivity contribution in [1.29, 1.82) is 0 Å². The van der Waals surface area contributed by atoms with Gasteiger partial charge in [-0.3, -0.25) is 0 Å². The van der Waals surface area contributed by atoms with E-state index in [-0.39, 0.29) is 11.2 Å². The van der Waals surface area contributed by atoms with Crippen LogP contribution in [0.1, 0.15) is 42.0 Å². The van der Waals surface area contributed by atoms with E-state index < -0.39 is 33.2 Å². The monoisotopic (exact) mass is 552 g/mol. The molecule has 3 aliphatic rings. The molecular weight excluding hydrogens is 531 g/mol. The highest BCUT2D eigenvalue weighted by Gasteiger charge is 2.60. The number of ether oxygens (including phenoxy) is 1. The van der Waals surface area contributed by atoms with Gasteiger partial charge >= 0.3 is 6.18 Å². The minimum absolute atomic E-state index is 0.223. The van der Waals surface area contributed by atoms with Gasteiger partial charge in [0.05, 0.1) is 22.4 Å². The van der Waals surface area contributed by atoms with Gasteiger partial charge in [0.2, 0.25) is 0 Å². The molecule has 1 spiro atoms. The molecule has 2 aromatic rings. The van der Waals surface area contributed by atoms with E-state index in [2.05, 4.69) is 29.3 Å². The molecule has 3 nitrogen and oxygen atoms in total. The van der Waals surface area contributed by atoms with Gasteiger partial charge in [-0.05, 0) is 64.6 Å². The van der Waals surface area contributed by atoms with E-state index in [1.54, 1.807) is 6.07 Å². The molecule has 11 heteroatoms. The fourth-order valence-electron chi connectivity index (χ4n) is 4.12. The Morgan fingerprint density at radius 2 is 1.82 bits per heavy atom. The molecule has 1 atom stereocenters. The predicted molar refractivity (Wildman–Crippen MR) is 133 cm³/mol. The first-order valence-electron chi connectivity index (χ1n) is 10.6. The van der Waals surface area contributed by atoms with E-state index in [1.165, 1.54) is 6.42 Å². The highest BCUT2D eigenvalue weighted by atomic mass is 35.5. The van der Waals surface area contributed by atoms with Crippen molar-refractivity contribution in [2.24, 2.45) is 4.40 Å². The third kappa shape index (κ3) is 4.48. The maximum atomic E-state index is 14.2. The van der Waals surface area contributed by atoms with Gasteiger partial charge in [0.15, 0.2) is 10.6 Å². The minimum atomic E-state index is -4.66. The Kier molecular flexibility index (Phi) is 7.54. The lowest BCUT2D eigenvalue weighted by molar-refractivity contribution is -0.159. The summed E-state index contributed by atoms with van der Waals surface area (Å²) in [5.74, 6) is 0.0709. The Balaban J connectivity index is 0.000000636. The smallest absolute Gasteiger partial charge is 0.363 e. The fourth-order valence-corrected chi connectivity index (χ4v) is 5.57. The predicted octanol–water partition coefficient (Wildman–Crippen LogP) is 7.09. The summed E-state index contributed by atoms with van der Waals surface area (Å²) in [6.07, 6.45) is -3.89. The van der Waals surface area contributed by atoms with E-state index in [4.69, 9.17) is 27.9 Å². The number of hydrogen-bond donors (Lipinski definition) is 2. The first kappa shape index (κ1) is 26.1. The van der Waals surface area contributed by atoms with Crippen molar-refractivity contribution in [1.82, 2.24) is 5.32 Å². The van der Waals surface area contributed by atoms with Crippen molar-refractivity contribution in [2.75, 3.05) is 18.8 Å². The Bertz CT molecular complexity index is 1100. The maximum Gasteiger partial charge on any atom is 0.409 e. The van der Waals surface area contributed by atoms with Crippen molar-refractivity contribution in [3.63, 3.8) is 0 Å². The molecule has 3 heterocycles. The van der Waals surface area contributed by atoms with Crippen LogP contribution in [0.5, 0.6) is 0 Å². The van der Waals surface area contributed by atoms with Gasteiger partial charge in [-0.15, -0.1) is 0 Å². The van der Waals surface area contributed by atoms with Crippen molar-refractivity contribution in [2.45, 2.75) is 42.9 Å². The third-order valence-electron chi connectivity index (χ3n) is 6.11. The van der Waals surface area contributed by atoms with Crippen LogP contribution in [0.2, 0.25) is 10.0 Å². The summed E-state index contributed by atoms with van der Waals surface area (Å²) in [5, 5.41) is 2.28. The van der Waals surface area contributed by atoms with Crippen molar-refractivity contribution < 1.29 is 22.3 Å². The minimum Gasteiger partial charge on any atom is -0.363 e. The topological polar surface area (TPSA) is 33.6 Å². The number of fused-ring (bicyclic) bond motifs is 2. The van der Waals surface area contributed by atoms with Gasteiger partial charge in [-0.25, -0.2) is 8.79 Å². The van der Waals surface area contributed by atoms with E-state index in [0.717, 1.165) is 42.1 Å². The molecular formula is C23H22Cl2F4N2OS2. The summed E-state index contributed by atoms with van der Waals surface area (Å²) in [6.45, 7) is 3.96. The van der Waals surface area contributed by atoms with Gasteiger partial charge in [0.1, 0.15) is 5.60 Å². The zero-order chi connectivity index (χ0) is 24.7. The van der Waals surface area contributed by atoms with Crippen LogP contribution >= 0.6 is 47.8 Å². The third-order valence-corrected chi connectivity index (χ3v) is 8.35. The van der Waals surface area contributed by atoms with Crippen molar-refractivity contribution in [3.05, 3.63) is 68.4 Å². The molecule has 0 aliphatic carbocycles.